The third-order valence-electron chi connectivity index (χ3n) is 4.17. The molecule has 0 spiro atoms. The molecule has 0 aliphatic heterocycles. The third-order valence-corrected chi connectivity index (χ3v) is 4.17. The number of hydrogen-bond acceptors (Lipinski definition) is 2. The molecule has 2 rings (SSSR count). The number of hydrogen-bond donors (Lipinski definition) is 2. The minimum Gasteiger partial charge on any atom is -0.350 e. The van der Waals surface area contributed by atoms with E-state index in [1.165, 1.54) is 5.56 Å². The number of urea groups is 1. The summed E-state index contributed by atoms with van der Waals surface area (Å²) in [5.74, 6) is 0. The third kappa shape index (κ3) is 3.13. The van der Waals surface area contributed by atoms with E-state index in [1.807, 2.05) is 0 Å². The van der Waals surface area contributed by atoms with Gasteiger partial charge in [0.2, 0.25) is 0 Å². The zero-order chi connectivity index (χ0) is 13.7. The minimum absolute atomic E-state index is 0.257. The standard InChI is InChI=1S/C15H21N3O/c1-2-15(12-6-4-3-5-7-12)10-8-13(9-11-15)17-18-14(16)19/h3-7H,2,8-11H2,1H3,(H3,16,18,19). The summed E-state index contributed by atoms with van der Waals surface area (Å²) < 4.78 is 0. The second-order valence-corrected chi connectivity index (χ2v) is 5.15. The first-order chi connectivity index (χ1) is 9.16. The van der Waals surface area contributed by atoms with Gasteiger partial charge in [-0.3, -0.25) is 0 Å². The maximum atomic E-state index is 10.7. The molecule has 0 aromatic heterocycles. The lowest BCUT2D eigenvalue weighted by Crippen LogP contribution is -2.33. The van der Waals surface area contributed by atoms with Crippen LogP contribution in [0.4, 0.5) is 4.79 Å². The quantitative estimate of drug-likeness (QED) is 0.805. The van der Waals surface area contributed by atoms with Crippen LogP contribution < -0.4 is 11.2 Å². The summed E-state index contributed by atoms with van der Waals surface area (Å²) in [7, 11) is 0. The molecule has 4 heteroatoms. The smallest absolute Gasteiger partial charge is 0.332 e. The molecule has 0 unspecified atom stereocenters. The molecular weight excluding hydrogens is 238 g/mol. The van der Waals surface area contributed by atoms with Crippen LogP contribution in [-0.2, 0) is 5.41 Å². The van der Waals surface area contributed by atoms with E-state index in [9.17, 15) is 4.79 Å². The number of primary amides is 1. The highest BCUT2D eigenvalue weighted by molar-refractivity contribution is 5.86. The Hall–Kier alpha value is -1.84. The average molecular weight is 259 g/mol. The van der Waals surface area contributed by atoms with Crippen LogP contribution in [0.15, 0.2) is 35.4 Å². The van der Waals surface area contributed by atoms with Crippen molar-refractivity contribution < 1.29 is 4.79 Å². The molecular formula is C15H21N3O. The first kappa shape index (κ1) is 13.6. The van der Waals surface area contributed by atoms with Crippen molar-refractivity contribution in [3.05, 3.63) is 35.9 Å². The fourth-order valence-electron chi connectivity index (χ4n) is 2.90. The summed E-state index contributed by atoms with van der Waals surface area (Å²) in [5.41, 5.74) is 10.1. The molecule has 102 valence electrons. The summed E-state index contributed by atoms with van der Waals surface area (Å²) in [6.45, 7) is 2.25. The highest BCUT2D eigenvalue weighted by Gasteiger charge is 2.33. The molecule has 1 aromatic carbocycles. The molecule has 1 aliphatic carbocycles. The second-order valence-electron chi connectivity index (χ2n) is 5.15. The molecule has 1 aromatic rings. The molecule has 2 amide bonds. The van der Waals surface area contributed by atoms with Crippen LogP contribution in [0, 0.1) is 0 Å². The Balaban J connectivity index is 2.08. The number of nitrogens with two attached hydrogens (primary N) is 1. The number of carbonyl (C=O) groups is 1. The predicted molar refractivity (Wildman–Crippen MR) is 77.0 cm³/mol. The molecule has 1 fully saturated rings. The van der Waals surface area contributed by atoms with Crippen molar-refractivity contribution >= 4 is 11.7 Å². The molecule has 0 bridgehead atoms. The number of benzene rings is 1. The van der Waals surface area contributed by atoms with Gasteiger partial charge in [0, 0.05) is 5.71 Å². The molecule has 0 heterocycles. The number of hydrazone groups is 1. The van der Waals surface area contributed by atoms with Crippen LogP contribution in [0.1, 0.15) is 44.6 Å². The van der Waals surface area contributed by atoms with E-state index in [0.717, 1.165) is 37.8 Å². The van der Waals surface area contributed by atoms with E-state index in [2.05, 4.69) is 47.8 Å². The van der Waals surface area contributed by atoms with Crippen LogP contribution in [0.5, 0.6) is 0 Å². The lowest BCUT2D eigenvalue weighted by Gasteiger charge is -2.37. The SMILES string of the molecule is CCC1(c2ccccc2)CCC(=NNC(N)=O)CC1. The zero-order valence-corrected chi connectivity index (χ0v) is 11.4. The van der Waals surface area contributed by atoms with E-state index in [0.29, 0.717) is 0 Å². The monoisotopic (exact) mass is 259 g/mol. The highest BCUT2D eigenvalue weighted by atomic mass is 16.2. The van der Waals surface area contributed by atoms with Gasteiger partial charge in [0.25, 0.3) is 0 Å². The Kier molecular flexibility index (Phi) is 4.20. The fraction of sp³-hybridized carbons (Fsp3) is 0.467. The van der Waals surface area contributed by atoms with Gasteiger partial charge in [-0.1, -0.05) is 37.3 Å². The second kappa shape index (κ2) is 5.87. The van der Waals surface area contributed by atoms with Crippen LogP contribution in [-0.4, -0.2) is 11.7 Å². The molecule has 0 atom stereocenters. The maximum absolute atomic E-state index is 10.7. The predicted octanol–water partition coefficient (Wildman–Crippen LogP) is 2.93. The van der Waals surface area contributed by atoms with Crippen molar-refractivity contribution in [1.29, 1.82) is 0 Å². The van der Waals surface area contributed by atoms with Crippen molar-refractivity contribution in [3.8, 4) is 0 Å². The largest absolute Gasteiger partial charge is 0.350 e. The molecule has 1 saturated carbocycles. The molecule has 3 N–H and O–H groups in total. The Labute approximate surface area is 114 Å². The number of carbonyl (C=O) groups excluding carboxylic acids is 1. The fourth-order valence-corrected chi connectivity index (χ4v) is 2.90. The normalized spacial score (nSPS) is 22.9. The summed E-state index contributed by atoms with van der Waals surface area (Å²) in [6, 6.07) is 10.1. The van der Waals surface area contributed by atoms with Gasteiger partial charge < -0.3 is 5.73 Å². The van der Waals surface area contributed by atoms with E-state index < -0.39 is 6.03 Å². The first-order valence-corrected chi connectivity index (χ1v) is 6.83. The summed E-state index contributed by atoms with van der Waals surface area (Å²) in [4.78, 5) is 10.7. The van der Waals surface area contributed by atoms with Crippen LogP contribution in [0.25, 0.3) is 0 Å². The van der Waals surface area contributed by atoms with Crippen molar-refractivity contribution in [2.24, 2.45) is 10.8 Å². The van der Waals surface area contributed by atoms with E-state index >= 15 is 0 Å². The Morgan fingerprint density at radius 1 is 1.32 bits per heavy atom. The lowest BCUT2D eigenvalue weighted by molar-refractivity contribution is 0.249. The molecule has 19 heavy (non-hydrogen) atoms. The summed E-state index contributed by atoms with van der Waals surface area (Å²) in [5, 5.41) is 4.07. The maximum Gasteiger partial charge on any atom is 0.332 e. The van der Waals surface area contributed by atoms with Crippen LogP contribution >= 0.6 is 0 Å². The van der Waals surface area contributed by atoms with Crippen molar-refractivity contribution in [2.75, 3.05) is 0 Å². The minimum atomic E-state index is -0.595. The van der Waals surface area contributed by atoms with Gasteiger partial charge in [-0.2, -0.15) is 5.10 Å². The number of rotatable bonds is 3. The Bertz CT molecular complexity index is 458. The molecule has 0 radical (unpaired) electrons. The summed E-state index contributed by atoms with van der Waals surface area (Å²) >= 11 is 0. The molecule has 0 saturated heterocycles. The van der Waals surface area contributed by atoms with Gasteiger partial charge in [0.1, 0.15) is 0 Å². The van der Waals surface area contributed by atoms with Crippen LogP contribution in [0.3, 0.4) is 0 Å². The zero-order valence-electron chi connectivity index (χ0n) is 11.4. The number of amides is 2. The number of nitrogens with zero attached hydrogens (tertiary/aromatic N) is 1. The van der Waals surface area contributed by atoms with Crippen molar-refractivity contribution in [1.82, 2.24) is 5.43 Å². The van der Waals surface area contributed by atoms with Gasteiger partial charge >= 0.3 is 6.03 Å². The van der Waals surface area contributed by atoms with Gasteiger partial charge in [-0.05, 0) is 43.1 Å². The van der Waals surface area contributed by atoms with Gasteiger partial charge in [-0.25, -0.2) is 10.2 Å². The molecule has 4 nitrogen and oxygen atoms in total. The summed E-state index contributed by atoms with van der Waals surface area (Å²) in [6.07, 6.45) is 5.12. The highest BCUT2D eigenvalue weighted by Crippen LogP contribution is 2.41. The lowest BCUT2D eigenvalue weighted by atomic mass is 9.67. The first-order valence-electron chi connectivity index (χ1n) is 6.83. The topological polar surface area (TPSA) is 67.5 Å². The Morgan fingerprint density at radius 3 is 2.47 bits per heavy atom. The average Bonchev–Trinajstić information content (AvgIpc) is 2.46. The molecule has 1 aliphatic rings. The van der Waals surface area contributed by atoms with Crippen molar-refractivity contribution in [3.63, 3.8) is 0 Å². The van der Waals surface area contributed by atoms with E-state index in [-0.39, 0.29) is 5.41 Å². The Morgan fingerprint density at radius 2 is 1.95 bits per heavy atom. The van der Waals surface area contributed by atoms with E-state index in [4.69, 9.17) is 5.73 Å². The van der Waals surface area contributed by atoms with Gasteiger partial charge in [0.05, 0.1) is 0 Å². The number of nitrogens with one attached hydrogen (secondary N) is 1. The van der Waals surface area contributed by atoms with Gasteiger partial charge in [-0.15, -0.1) is 0 Å². The van der Waals surface area contributed by atoms with Crippen LogP contribution in [0.2, 0.25) is 0 Å². The van der Waals surface area contributed by atoms with E-state index in [1.54, 1.807) is 0 Å². The van der Waals surface area contributed by atoms with Gasteiger partial charge in [0.15, 0.2) is 0 Å². The van der Waals surface area contributed by atoms with Crippen molar-refractivity contribution in [2.45, 2.75) is 44.4 Å².